The van der Waals surface area contributed by atoms with Crippen LogP contribution in [0.3, 0.4) is 0 Å². The Balaban J connectivity index is 1.55. The quantitative estimate of drug-likeness (QED) is 0.251. The Morgan fingerprint density at radius 1 is 0.545 bits per heavy atom. The van der Waals surface area contributed by atoms with E-state index in [-0.39, 0.29) is 0 Å². The van der Waals surface area contributed by atoms with Gasteiger partial charge in [0.15, 0.2) is 0 Å². The molecular formula is C32H33N. The van der Waals surface area contributed by atoms with Crippen molar-refractivity contribution >= 4 is 29.2 Å². The second-order valence-corrected chi connectivity index (χ2v) is 8.78. The van der Waals surface area contributed by atoms with Gasteiger partial charge in [-0.2, -0.15) is 0 Å². The van der Waals surface area contributed by atoms with E-state index < -0.39 is 0 Å². The molecule has 0 bridgehead atoms. The second kappa shape index (κ2) is 10.8. The van der Waals surface area contributed by atoms with Crippen molar-refractivity contribution in [3.63, 3.8) is 0 Å². The number of unbranched alkanes of at least 4 members (excludes halogenated alkanes) is 1. The van der Waals surface area contributed by atoms with Crippen molar-refractivity contribution in [3.8, 4) is 0 Å². The van der Waals surface area contributed by atoms with Gasteiger partial charge in [-0.1, -0.05) is 97.3 Å². The molecule has 0 unspecified atom stereocenters. The second-order valence-electron chi connectivity index (χ2n) is 8.78. The normalized spacial score (nSPS) is 11.1. The Kier molecular flexibility index (Phi) is 7.42. The van der Waals surface area contributed by atoms with E-state index in [1.807, 2.05) is 0 Å². The fourth-order valence-corrected chi connectivity index (χ4v) is 3.94. The van der Waals surface area contributed by atoms with Crippen molar-refractivity contribution in [2.24, 2.45) is 0 Å². The standard InChI is InChI=1S/C32H33N/c1-4-5-6-27-11-13-28(14-12-27)15-16-29-17-23-32(24-18-29)33(30-19-7-25(2)8-20-30)31-21-9-26(3)10-22-31/h7-24H,4-6H2,1-3H3/b16-15+. The minimum absolute atomic E-state index is 1.15. The summed E-state index contributed by atoms with van der Waals surface area (Å²) in [5, 5.41) is 0. The number of rotatable bonds is 8. The van der Waals surface area contributed by atoms with Crippen molar-refractivity contribution in [2.45, 2.75) is 40.0 Å². The number of anilines is 3. The molecule has 4 aromatic carbocycles. The van der Waals surface area contributed by atoms with Crippen LogP contribution in [-0.2, 0) is 6.42 Å². The van der Waals surface area contributed by atoms with Gasteiger partial charge in [-0.05, 0) is 79.8 Å². The maximum atomic E-state index is 2.31. The average Bonchev–Trinajstić information content (AvgIpc) is 2.85. The van der Waals surface area contributed by atoms with E-state index in [0.717, 1.165) is 17.1 Å². The summed E-state index contributed by atoms with van der Waals surface area (Å²) in [5.41, 5.74) is 9.86. The Bertz CT molecular complexity index is 1120. The summed E-state index contributed by atoms with van der Waals surface area (Å²) < 4.78 is 0. The van der Waals surface area contributed by atoms with Gasteiger partial charge in [-0.15, -0.1) is 0 Å². The zero-order valence-electron chi connectivity index (χ0n) is 20.0. The largest absolute Gasteiger partial charge is 0.311 e. The van der Waals surface area contributed by atoms with Gasteiger partial charge in [0, 0.05) is 17.1 Å². The number of aryl methyl sites for hydroxylation is 3. The molecule has 1 nitrogen and oxygen atoms in total. The fourth-order valence-electron chi connectivity index (χ4n) is 3.94. The Morgan fingerprint density at radius 3 is 1.36 bits per heavy atom. The van der Waals surface area contributed by atoms with Crippen molar-refractivity contribution in [1.29, 1.82) is 0 Å². The monoisotopic (exact) mass is 431 g/mol. The molecule has 0 fully saturated rings. The molecular weight excluding hydrogens is 398 g/mol. The predicted octanol–water partition coefficient (Wildman–Crippen LogP) is 9.29. The molecule has 0 saturated heterocycles. The van der Waals surface area contributed by atoms with Crippen molar-refractivity contribution < 1.29 is 0 Å². The topological polar surface area (TPSA) is 3.24 Å². The van der Waals surface area contributed by atoms with Crippen molar-refractivity contribution in [1.82, 2.24) is 0 Å². The van der Waals surface area contributed by atoms with Crippen LogP contribution < -0.4 is 4.90 Å². The highest BCUT2D eigenvalue weighted by Crippen LogP contribution is 2.34. The first-order chi connectivity index (χ1) is 16.1. The number of nitrogens with zero attached hydrogens (tertiary/aromatic N) is 1. The van der Waals surface area contributed by atoms with Gasteiger partial charge in [0.25, 0.3) is 0 Å². The molecule has 33 heavy (non-hydrogen) atoms. The smallest absolute Gasteiger partial charge is 0.0462 e. The third-order valence-corrected chi connectivity index (χ3v) is 6.00. The van der Waals surface area contributed by atoms with Crippen LogP contribution in [0.4, 0.5) is 17.1 Å². The summed E-state index contributed by atoms with van der Waals surface area (Å²) in [4.78, 5) is 2.31. The van der Waals surface area contributed by atoms with Gasteiger partial charge < -0.3 is 4.90 Å². The van der Waals surface area contributed by atoms with Crippen molar-refractivity contribution in [2.75, 3.05) is 4.90 Å². The Labute approximate surface area is 199 Å². The predicted molar refractivity (Wildman–Crippen MR) is 145 cm³/mol. The summed E-state index contributed by atoms with van der Waals surface area (Å²) in [6.07, 6.45) is 8.04. The highest BCUT2D eigenvalue weighted by Gasteiger charge is 2.12. The summed E-state index contributed by atoms with van der Waals surface area (Å²) in [6.45, 7) is 6.49. The molecule has 0 radical (unpaired) electrons. The molecule has 4 rings (SSSR count). The third kappa shape index (κ3) is 6.02. The van der Waals surface area contributed by atoms with E-state index in [2.05, 4.69) is 135 Å². The van der Waals surface area contributed by atoms with E-state index >= 15 is 0 Å². The molecule has 0 N–H and O–H groups in total. The lowest BCUT2D eigenvalue weighted by atomic mass is 10.1. The minimum Gasteiger partial charge on any atom is -0.311 e. The van der Waals surface area contributed by atoms with Crippen LogP contribution in [0.15, 0.2) is 97.1 Å². The number of hydrogen-bond acceptors (Lipinski definition) is 1. The molecule has 0 aliphatic carbocycles. The SMILES string of the molecule is CCCCc1ccc(/C=C/c2ccc(N(c3ccc(C)cc3)c3ccc(C)cc3)cc2)cc1. The molecule has 0 heterocycles. The van der Waals surface area contributed by atoms with Gasteiger partial charge in [0.2, 0.25) is 0 Å². The van der Waals surface area contributed by atoms with Crippen LogP contribution >= 0.6 is 0 Å². The van der Waals surface area contributed by atoms with Gasteiger partial charge in [-0.3, -0.25) is 0 Å². The van der Waals surface area contributed by atoms with Crippen molar-refractivity contribution in [3.05, 3.63) is 125 Å². The summed E-state index contributed by atoms with van der Waals surface area (Å²) in [5.74, 6) is 0. The molecule has 0 aliphatic heterocycles. The zero-order chi connectivity index (χ0) is 23.0. The molecule has 0 spiro atoms. The molecule has 0 aliphatic rings. The average molecular weight is 432 g/mol. The maximum Gasteiger partial charge on any atom is 0.0462 e. The molecule has 4 aromatic rings. The molecule has 1 heteroatoms. The number of benzene rings is 4. The van der Waals surface area contributed by atoms with Crippen LogP contribution in [0.25, 0.3) is 12.2 Å². The highest BCUT2D eigenvalue weighted by molar-refractivity contribution is 5.78. The summed E-state index contributed by atoms with van der Waals surface area (Å²) >= 11 is 0. The lowest BCUT2D eigenvalue weighted by Gasteiger charge is -2.25. The molecule has 166 valence electrons. The number of hydrogen-bond donors (Lipinski definition) is 0. The first-order valence-corrected chi connectivity index (χ1v) is 11.9. The lowest BCUT2D eigenvalue weighted by molar-refractivity contribution is 0.795. The first kappa shape index (κ1) is 22.6. The zero-order valence-corrected chi connectivity index (χ0v) is 20.0. The highest BCUT2D eigenvalue weighted by atomic mass is 15.1. The molecule has 0 atom stereocenters. The maximum absolute atomic E-state index is 2.31. The first-order valence-electron chi connectivity index (χ1n) is 11.9. The summed E-state index contributed by atoms with van der Waals surface area (Å²) in [7, 11) is 0. The Morgan fingerprint density at radius 2 is 0.939 bits per heavy atom. The lowest BCUT2D eigenvalue weighted by Crippen LogP contribution is -2.09. The fraction of sp³-hybridized carbons (Fsp3) is 0.188. The van der Waals surface area contributed by atoms with Gasteiger partial charge in [-0.25, -0.2) is 0 Å². The van der Waals surface area contributed by atoms with Gasteiger partial charge in [0.1, 0.15) is 0 Å². The van der Waals surface area contributed by atoms with E-state index in [1.54, 1.807) is 0 Å². The van der Waals surface area contributed by atoms with Crippen LogP contribution in [0.1, 0.15) is 47.6 Å². The van der Waals surface area contributed by atoms with E-state index in [4.69, 9.17) is 0 Å². The summed E-state index contributed by atoms with van der Waals surface area (Å²) in [6, 6.07) is 35.1. The Hall–Kier alpha value is -3.58. The van der Waals surface area contributed by atoms with E-state index in [1.165, 1.54) is 47.1 Å². The van der Waals surface area contributed by atoms with Gasteiger partial charge in [0.05, 0.1) is 0 Å². The van der Waals surface area contributed by atoms with E-state index in [0.29, 0.717) is 0 Å². The molecule has 0 saturated carbocycles. The third-order valence-electron chi connectivity index (χ3n) is 6.00. The van der Waals surface area contributed by atoms with Crippen LogP contribution in [0.5, 0.6) is 0 Å². The van der Waals surface area contributed by atoms with E-state index in [9.17, 15) is 0 Å². The molecule has 0 amide bonds. The van der Waals surface area contributed by atoms with Crippen LogP contribution in [-0.4, -0.2) is 0 Å². The van der Waals surface area contributed by atoms with Gasteiger partial charge >= 0.3 is 0 Å². The van der Waals surface area contributed by atoms with Crippen LogP contribution in [0, 0.1) is 13.8 Å². The minimum atomic E-state index is 1.15. The van der Waals surface area contributed by atoms with Crippen LogP contribution in [0.2, 0.25) is 0 Å². The molecule has 0 aromatic heterocycles.